The predicted octanol–water partition coefficient (Wildman–Crippen LogP) is 3.15. The van der Waals surface area contributed by atoms with Gasteiger partial charge in [0.1, 0.15) is 6.61 Å². The highest BCUT2D eigenvalue weighted by Gasteiger charge is 2.03. The van der Waals surface area contributed by atoms with Crippen molar-refractivity contribution in [3.63, 3.8) is 0 Å². The Labute approximate surface area is 119 Å². The third kappa shape index (κ3) is 7.49. The van der Waals surface area contributed by atoms with Crippen molar-refractivity contribution in [2.45, 2.75) is 0 Å². The van der Waals surface area contributed by atoms with Crippen molar-refractivity contribution >= 4 is 23.4 Å². The van der Waals surface area contributed by atoms with Gasteiger partial charge in [0, 0.05) is 10.7 Å². The molecule has 0 fully saturated rings. The molecule has 0 heterocycles. The number of carbonyl (C=O) groups is 1. The maximum atomic E-state index is 11.5. The van der Waals surface area contributed by atoms with Crippen molar-refractivity contribution in [2.75, 3.05) is 39.6 Å². The van der Waals surface area contributed by atoms with Crippen LogP contribution in [-0.2, 0) is 4.74 Å². The normalized spacial score (nSPS) is 11.6. The smallest absolute Gasteiger partial charge is 0.411 e. The van der Waals surface area contributed by atoms with Crippen LogP contribution in [0.2, 0.25) is 5.02 Å². The van der Waals surface area contributed by atoms with Crippen molar-refractivity contribution in [2.24, 2.45) is 0 Å². The highest BCUT2D eigenvalue weighted by Crippen LogP contribution is 2.14. The van der Waals surface area contributed by atoms with Gasteiger partial charge in [-0.15, -0.1) is 0 Å². The zero-order valence-corrected chi connectivity index (χ0v) is 12.3. The number of rotatable bonds is 5. The summed E-state index contributed by atoms with van der Waals surface area (Å²) in [4.78, 5) is 11.5. The molecule has 0 radical (unpaired) electrons. The van der Waals surface area contributed by atoms with Gasteiger partial charge in [0.15, 0.2) is 0 Å². The summed E-state index contributed by atoms with van der Waals surface area (Å²) < 4.78 is 5.85. The Morgan fingerprint density at radius 2 is 2.11 bits per heavy atom. The number of hydrogen-bond donors (Lipinski definition) is 1. The number of anilines is 1. The number of amides is 1. The average molecular weight is 284 g/mol. The Morgan fingerprint density at radius 1 is 1.37 bits per heavy atom. The van der Waals surface area contributed by atoms with Crippen LogP contribution in [0.5, 0.6) is 0 Å². The van der Waals surface area contributed by atoms with Crippen LogP contribution in [0.25, 0.3) is 0 Å². The van der Waals surface area contributed by atoms with E-state index < -0.39 is 6.09 Å². The van der Waals surface area contributed by atoms with E-state index in [1.807, 2.05) is 12.2 Å². The molecular formula is C14H20ClN2O2+. The first-order chi connectivity index (χ1) is 8.87. The molecule has 0 saturated carbocycles. The summed E-state index contributed by atoms with van der Waals surface area (Å²) in [6.07, 6.45) is 3.34. The van der Waals surface area contributed by atoms with E-state index in [1.54, 1.807) is 24.3 Å². The van der Waals surface area contributed by atoms with Gasteiger partial charge >= 0.3 is 6.09 Å². The molecule has 0 unspecified atom stereocenters. The zero-order chi connectivity index (χ0) is 14.3. The van der Waals surface area contributed by atoms with E-state index >= 15 is 0 Å². The van der Waals surface area contributed by atoms with Gasteiger partial charge in [0.25, 0.3) is 0 Å². The van der Waals surface area contributed by atoms with Gasteiger partial charge < -0.3 is 9.22 Å². The highest BCUT2D eigenvalue weighted by atomic mass is 35.5. The molecule has 5 heteroatoms. The van der Waals surface area contributed by atoms with Crippen LogP contribution >= 0.6 is 11.6 Å². The standard InChI is InChI=1S/C14H19ClN2O2/c1-17(2,3)9-4-5-10-19-14(18)16-13-8-6-7-12(15)11-13/h4-8,11H,9-10H2,1-3H3/p+1/b5-4+. The first-order valence-electron chi connectivity index (χ1n) is 6.01. The van der Waals surface area contributed by atoms with Crippen molar-refractivity contribution in [3.8, 4) is 0 Å². The SMILES string of the molecule is C[N+](C)(C)C/C=C/COC(=O)Nc1cccc(Cl)c1. The number of ether oxygens (including phenoxy) is 1. The van der Waals surface area contributed by atoms with E-state index in [9.17, 15) is 4.79 Å². The van der Waals surface area contributed by atoms with Crippen LogP contribution in [0, 0.1) is 0 Å². The first-order valence-corrected chi connectivity index (χ1v) is 6.39. The molecule has 0 atom stereocenters. The lowest BCUT2D eigenvalue weighted by atomic mass is 10.3. The monoisotopic (exact) mass is 283 g/mol. The fraction of sp³-hybridized carbons (Fsp3) is 0.357. The summed E-state index contributed by atoms with van der Waals surface area (Å²) in [7, 11) is 6.28. The molecule has 104 valence electrons. The Morgan fingerprint density at radius 3 is 2.74 bits per heavy atom. The molecule has 1 amide bonds. The topological polar surface area (TPSA) is 38.3 Å². The summed E-state index contributed by atoms with van der Waals surface area (Å²) in [5.41, 5.74) is 0.618. The van der Waals surface area contributed by atoms with Gasteiger partial charge in [-0.05, 0) is 30.4 Å². The molecule has 0 bridgehead atoms. The summed E-state index contributed by atoms with van der Waals surface area (Å²) in [6, 6.07) is 6.92. The minimum Gasteiger partial charge on any atom is -0.445 e. The third-order valence-electron chi connectivity index (χ3n) is 2.20. The van der Waals surface area contributed by atoms with Gasteiger partial charge in [-0.25, -0.2) is 4.79 Å². The maximum Gasteiger partial charge on any atom is 0.411 e. The number of nitrogens with one attached hydrogen (secondary N) is 1. The van der Waals surface area contributed by atoms with Crippen LogP contribution in [0.3, 0.4) is 0 Å². The van der Waals surface area contributed by atoms with E-state index in [4.69, 9.17) is 16.3 Å². The molecule has 0 spiro atoms. The minimum absolute atomic E-state index is 0.256. The molecule has 1 aromatic rings. The van der Waals surface area contributed by atoms with Crippen LogP contribution in [0.15, 0.2) is 36.4 Å². The number of halogens is 1. The third-order valence-corrected chi connectivity index (χ3v) is 2.44. The van der Waals surface area contributed by atoms with Crippen LogP contribution < -0.4 is 5.32 Å². The lowest BCUT2D eigenvalue weighted by Gasteiger charge is -2.21. The highest BCUT2D eigenvalue weighted by molar-refractivity contribution is 6.30. The minimum atomic E-state index is -0.489. The summed E-state index contributed by atoms with van der Waals surface area (Å²) in [5.74, 6) is 0. The van der Waals surface area contributed by atoms with Gasteiger partial charge in [-0.2, -0.15) is 0 Å². The van der Waals surface area contributed by atoms with Gasteiger partial charge in [0.2, 0.25) is 0 Å². The van der Waals surface area contributed by atoms with E-state index in [2.05, 4.69) is 26.5 Å². The molecule has 0 aromatic heterocycles. The number of nitrogens with zero attached hydrogens (tertiary/aromatic N) is 1. The summed E-state index contributed by atoms with van der Waals surface area (Å²) >= 11 is 5.81. The summed E-state index contributed by atoms with van der Waals surface area (Å²) in [6.45, 7) is 1.14. The second-order valence-corrected chi connectivity index (χ2v) is 5.61. The predicted molar refractivity (Wildman–Crippen MR) is 78.5 cm³/mol. The second kappa shape index (κ2) is 7.16. The van der Waals surface area contributed by atoms with Gasteiger partial charge in [-0.1, -0.05) is 17.7 Å². The zero-order valence-electron chi connectivity index (χ0n) is 11.5. The maximum absolute atomic E-state index is 11.5. The van der Waals surface area contributed by atoms with Gasteiger partial charge in [-0.3, -0.25) is 5.32 Å². The van der Waals surface area contributed by atoms with Crippen LogP contribution in [-0.4, -0.2) is 44.9 Å². The Kier molecular flexibility index (Phi) is 5.86. The molecule has 1 aromatic carbocycles. The Hall–Kier alpha value is -1.52. The fourth-order valence-electron chi connectivity index (χ4n) is 1.30. The van der Waals surface area contributed by atoms with Crippen molar-refractivity contribution in [1.82, 2.24) is 0 Å². The molecule has 19 heavy (non-hydrogen) atoms. The molecule has 1 N–H and O–H groups in total. The molecule has 0 aliphatic heterocycles. The first kappa shape index (κ1) is 15.5. The van der Waals surface area contributed by atoms with E-state index in [0.29, 0.717) is 10.7 Å². The van der Waals surface area contributed by atoms with E-state index in [-0.39, 0.29) is 6.61 Å². The quantitative estimate of drug-likeness (QED) is 0.666. The molecule has 1 rings (SSSR count). The largest absolute Gasteiger partial charge is 0.445 e. The van der Waals surface area contributed by atoms with Crippen LogP contribution in [0.1, 0.15) is 0 Å². The van der Waals surface area contributed by atoms with Crippen LogP contribution in [0.4, 0.5) is 10.5 Å². The summed E-state index contributed by atoms with van der Waals surface area (Å²) in [5, 5.41) is 3.18. The fourth-order valence-corrected chi connectivity index (χ4v) is 1.49. The van der Waals surface area contributed by atoms with E-state index in [1.165, 1.54) is 0 Å². The van der Waals surface area contributed by atoms with E-state index in [0.717, 1.165) is 11.0 Å². The molecule has 0 saturated heterocycles. The molecular weight excluding hydrogens is 264 g/mol. The molecule has 4 nitrogen and oxygen atoms in total. The number of likely N-dealkylation sites (N-methyl/N-ethyl adjacent to an activating group) is 1. The molecule has 0 aliphatic rings. The number of quaternary nitrogens is 1. The number of carbonyl (C=O) groups excluding carboxylic acids is 1. The molecule has 0 aliphatic carbocycles. The van der Waals surface area contributed by atoms with Gasteiger partial charge in [0.05, 0.1) is 27.7 Å². The van der Waals surface area contributed by atoms with Crippen molar-refractivity contribution in [1.29, 1.82) is 0 Å². The Balaban J connectivity index is 2.29. The van der Waals surface area contributed by atoms with Crippen molar-refractivity contribution in [3.05, 3.63) is 41.4 Å². The lowest BCUT2D eigenvalue weighted by molar-refractivity contribution is -0.864. The second-order valence-electron chi connectivity index (χ2n) is 5.18. The number of benzene rings is 1. The number of hydrogen-bond acceptors (Lipinski definition) is 2. The Bertz CT molecular complexity index is 453. The van der Waals surface area contributed by atoms with Crippen molar-refractivity contribution < 1.29 is 14.0 Å². The lowest BCUT2D eigenvalue weighted by Crippen LogP contribution is -2.34. The average Bonchev–Trinajstić information content (AvgIpc) is 2.26.